The molecule has 0 aliphatic rings. The van der Waals surface area contributed by atoms with Gasteiger partial charge < -0.3 is 10.4 Å². The van der Waals surface area contributed by atoms with E-state index in [1.165, 1.54) is 6.07 Å². The minimum Gasteiger partial charge on any atom is -0.476 e. The molecule has 0 saturated carbocycles. The molecule has 0 radical (unpaired) electrons. The molecule has 0 bridgehead atoms. The predicted molar refractivity (Wildman–Crippen MR) is 72.8 cm³/mol. The Morgan fingerprint density at radius 3 is 2.83 bits per heavy atom. The molecule has 5 nitrogen and oxygen atoms in total. The number of carboxylic acid groups (broad SMARTS) is 1. The van der Waals surface area contributed by atoms with Gasteiger partial charge in [-0.2, -0.15) is 0 Å². The second-order valence-corrected chi connectivity index (χ2v) is 5.91. The third-order valence-corrected chi connectivity index (χ3v) is 3.40. The van der Waals surface area contributed by atoms with Crippen molar-refractivity contribution in [3.8, 4) is 0 Å². The number of pyridine rings is 1. The average Bonchev–Trinajstić information content (AvgIpc) is 2.28. The molecule has 1 aromatic heterocycles. The molecule has 0 spiro atoms. The summed E-state index contributed by atoms with van der Waals surface area (Å²) in [4.78, 5) is 14.8. The smallest absolute Gasteiger partial charge is 0.356 e. The number of nitrogens with zero attached hydrogens (tertiary/aromatic N) is 1. The molecule has 2 atom stereocenters. The van der Waals surface area contributed by atoms with Crippen molar-refractivity contribution in [2.45, 2.75) is 19.4 Å². The van der Waals surface area contributed by atoms with Gasteiger partial charge in [-0.05, 0) is 25.5 Å². The molecule has 1 aromatic rings. The number of carbonyl (C=O) groups is 1. The van der Waals surface area contributed by atoms with E-state index in [9.17, 15) is 9.00 Å². The number of nitrogens with one attached hydrogen (secondary N) is 1. The summed E-state index contributed by atoms with van der Waals surface area (Å²) >= 11 is 5.72. The average molecular weight is 291 g/mol. The van der Waals surface area contributed by atoms with Crippen LogP contribution in [0.2, 0.25) is 5.02 Å². The Hall–Kier alpha value is -1.14. The van der Waals surface area contributed by atoms with E-state index < -0.39 is 16.8 Å². The van der Waals surface area contributed by atoms with Crippen LogP contribution < -0.4 is 5.32 Å². The molecule has 100 valence electrons. The van der Waals surface area contributed by atoms with Gasteiger partial charge in [0.15, 0.2) is 5.69 Å². The number of hydrogen-bond donors (Lipinski definition) is 2. The lowest BCUT2D eigenvalue weighted by Gasteiger charge is -2.14. The fraction of sp³-hybridized carbons (Fsp3) is 0.455. The lowest BCUT2D eigenvalue weighted by molar-refractivity contribution is 0.0691. The van der Waals surface area contributed by atoms with E-state index in [-0.39, 0.29) is 16.8 Å². The molecule has 1 heterocycles. The van der Waals surface area contributed by atoms with Crippen LogP contribution in [0.1, 0.15) is 23.8 Å². The number of aromatic nitrogens is 1. The molecule has 0 aliphatic carbocycles. The highest BCUT2D eigenvalue weighted by molar-refractivity contribution is 7.84. The van der Waals surface area contributed by atoms with E-state index in [0.717, 1.165) is 6.42 Å². The molecular formula is C11H15ClN2O3S. The maximum absolute atomic E-state index is 11.0. The molecule has 2 N–H and O–H groups in total. The normalized spacial score (nSPS) is 13.9. The molecular weight excluding hydrogens is 276 g/mol. The van der Waals surface area contributed by atoms with Crippen LogP contribution in [0.5, 0.6) is 0 Å². The minimum absolute atomic E-state index is 0.0595. The van der Waals surface area contributed by atoms with Crippen molar-refractivity contribution >= 4 is 34.2 Å². The summed E-state index contributed by atoms with van der Waals surface area (Å²) in [6, 6.07) is 3.17. The van der Waals surface area contributed by atoms with Gasteiger partial charge >= 0.3 is 5.97 Å². The Kier molecular flexibility index (Phi) is 5.55. The summed E-state index contributed by atoms with van der Waals surface area (Å²) in [7, 11) is -0.835. The van der Waals surface area contributed by atoms with E-state index in [1.807, 2.05) is 6.92 Å². The molecule has 0 aliphatic heterocycles. The van der Waals surface area contributed by atoms with Crippen LogP contribution in [0.3, 0.4) is 0 Å². The Morgan fingerprint density at radius 2 is 2.28 bits per heavy atom. The zero-order valence-electron chi connectivity index (χ0n) is 10.1. The number of anilines is 1. The lowest BCUT2D eigenvalue weighted by Crippen LogP contribution is -2.19. The summed E-state index contributed by atoms with van der Waals surface area (Å²) in [6.07, 6.45) is 2.37. The molecule has 18 heavy (non-hydrogen) atoms. The quantitative estimate of drug-likeness (QED) is 0.838. The van der Waals surface area contributed by atoms with Gasteiger partial charge in [-0.1, -0.05) is 11.6 Å². The van der Waals surface area contributed by atoms with Crippen LogP contribution in [0.4, 0.5) is 5.82 Å². The van der Waals surface area contributed by atoms with Gasteiger partial charge in [-0.15, -0.1) is 0 Å². The monoisotopic (exact) mass is 290 g/mol. The molecule has 0 fully saturated rings. The van der Waals surface area contributed by atoms with E-state index >= 15 is 0 Å². The van der Waals surface area contributed by atoms with Gasteiger partial charge in [-0.3, -0.25) is 4.21 Å². The zero-order chi connectivity index (χ0) is 13.7. The first-order valence-electron chi connectivity index (χ1n) is 5.36. The standard InChI is InChI=1S/C11H15ClN2O3S/c1-7(5-6-18(2)17)13-9-4-3-8(12)10(14-9)11(15)16/h3-4,7H,5-6H2,1-2H3,(H,13,14)(H,15,16). The minimum atomic E-state index is -1.16. The zero-order valence-corrected chi connectivity index (χ0v) is 11.7. The van der Waals surface area contributed by atoms with Crippen molar-refractivity contribution in [3.63, 3.8) is 0 Å². The van der Waals surface area contributed by atoms with Crippen LogP contribution >= 0.6 is 11.6 Å². The first kappa shape index (κ1) is 14.9. The van der Waals surface area contributed by atoms with E-state index in [1.54, 1.807) is 12.3 Å². The maximum Gasteiger partial charge on any atom is 0.356 e. The fourth-order valence-corrected chi connectivity index (χ4v) is 2.21. The Morgan fingerprint density at radius 1 is 1.61 bits per heavy atom. The van der Waals surface area contributed by atoms with Gasteiger partial charge in [-0.25, -0.2) is 9.78 Å². The second-order valence-electron chi connectivity index (χ2n) is 3.94. The van der Waals surface area contributed by atoms with Crippen molar-refractivity contribution in [3.05, 3.63) is 22.8 Å². The van der Waals surface area contributed by atoms with Crippen LogP contribution in [0, 0.1) is 0 Å². The van der Waals surface area contributed by atoms with Crippen molar-refractivity contribution < 1.29 is 14.1 Å². The Labute approximate surface area is 113 Å². The van der Waals surface area contributed by atoms with Gasteiger partial charge in [0.2, 0.25) is 0 Å². The third-order valence-electron chi connectivity index (χ3n) is 2.28. The first-order chi connectivity index (χ1) is 8.40. The fourth-order valence-electron chi connectivity index (χ4n) is 1.34. The maximum atomic E-state index is 11.0. The molecule has 2 unspecified atom stereocenters. The summed E-state index contributed by atoms with van der Waals surface area (Å²) < 4.78 is 11.0. The number of hydrogen-bond acceptors (Lipinski definition) is 4. The van der Waals surface area contributed by atoms with Crippen molar-refractivity contribution in [2.75, 3.05) is 17.3 Å². The Balaban J connectivity index is 2.70. The summed E-state index contributed by atoms with van der Waals surface area (Å²) in [5.41, 5.74) is -0.173. The molecule has 0 amide bonds. The van der Waals surface area contributed by atoms with Gasteiger partial charge in [0.05, 0.1) is 5.02 Å². The highest BCUT2D eigenvalue weighted by Gasteiger charge is 2.12. The number of halogens is 1. The number of aromatic carboxylic acids is 1. The van der Waals surface area contributed by atoms with E-state index in [2.05, 4.69) is 10.3 Å². The van der Waals surface area contributed by atoms with Crippen molar-refractivity contribution in [1.29, 1.82) is 0 Å². The highest BCUT2D eigenvalue weighted by Crippen LogP contribution is 2.17. The second kappa shape index (κ2) is 6.70. The Bertz CT molecular complexity index is 468. The van der Waals surface area contributed by atoms with Gasteiger partial charge in [0.1, 0.15) is 5.82 Å². The van der Waals surface area contributed by atoms with Crippen molar-refractivity contribution in [2.24, 2.45) is 0 Å². The van der Waals surface area contributed by atoms with Crippen LogP contribution in [-0.4, -0.2) is 38.3 Å². The first-order valence-corrected chi connectivity index (χ1v) is 7.47. The van der Waals surface area contributed by atoms with E-state index in [4.69, 9.17) is 16.7 Å². The van der Waals surface area contributed by atoms with Crippen LogP contribution in [-0.2, 0) is 10.8 Å². The predicted octanol–water partition coefficient (Wildman–Crippen LogP) is 2.00. The summed E-state index contributed by atoms with van der Waals surface area (Å²) in [5.74, 6) is -0.120. The summed E-state index contributed by atoms with van der Waals surface area (Å²) in [6.45, 7) is 1.92. The number of carboxylic acids is 1. The highest BCUT2D eigenvalue weighted by atomic mass is 35.5. The SMILES string of the molecule is CC(CCS(C)=O)Nc1ccc(Cl)c(C(=O)O)n1. The van der Waals surface area contributed by atoms with E-state index in [0.29, 0.717) is 11.6 Å². The van der Waals surface area contributed by atoms with Gasteiger partial charge in [0.25, 0.3) is 0 Å². The van der Waals surface area contributed by atoms with Crippen LogP contribution in [0.25, 0.3) is 0 Å². The lowest BCUT2D eigenvalue weighted by atomic mass is 10.2. The van der Waals surface area contributed by atoms with Crippen molar-refractivity contribution in [1.82, 2.24) is 4.98 Å². The van der Waals surface area contributed by atoms with Gasteiger partial charge in [0, 0.05) is 28.9 Å². The largest absolute Gasteiger partial charge is 0.476 e. The molecule has 1 rings (SSSR count). The molecule has 0 saturated heterocycles. The molecule has 7 heteroatoms. The topological polar surface area (TPSA) is 79.3 Å². The third kappa shape index (κ3) is 4.62. The van der Waals surface area contributed by atoms with Crippen LogP contribution in [0.15, 0.2) is 12.1 Å². The molecule has 0 aromatic carbocycles. The number of rotatable bonds is 6. The summed E-state index contributed by atoms with van der Waals surface area (Å²) in [5, 5.41) is 12.0.